The number of aromatic nitrogens is 1. The lowest BCUT2D eigenvalue weighted by molar-refractivity contribution is -0.131. The van der Waals surface area contributed by atoms with Crippen molar-refractivity contribution in [1.82, 2.24) is 15.2 Å². The summed E-state index contributed by atoms with van der Waals surface area (Å²) in [5.41, 5.74) is 1.11. The molecule has 1 aromatic rings. The van der Waals surface area contributed by atoms with Gasteiger partial charge in [-0.25, -0.2) is 4.98 Å². The number of hydrogen-bond acceptors (Lipinski definition) is 4. The molecule has 2 heterocycles. The van der Waals surface area contributed by atoms with Gasteiger partial charge in [0.05, 0.1) is 10.7 Å². The Kier molecular flexibility index (Phi) is 6.18. The Morgan fingerprint density at radius 3 is 2.52 bits per heavy atom. The molecule has 1 N–H and O–H groups in total. The highest BCUT2D eigenvalue weighted by Gasteiger charge is 2.18. The highest BCUT2D eigenvalue weighted by Crippen LogP contribution is 2.17. The van der Waals surface area contributed by atoms with Crippen molar-refractivity contribution < 1.29 is 4.79 Å². The predicted molar refractivity (Wildman–Crippen MR) is 87.6 cm³/mol. The zero-order chi connectivity index (χ0) is 15.2. The summed E-state index contributed by atoms with van der Waals surface area (Å²) in [6.07, 6.45) is 5.44. The summed E-state index contributed by atoms with van der Waals surface area (Å²) >= 11 is 1.74. The molecule has 21 heavy (non-hydrogen) atoms. The zero-order valence-corrected chi connectivity index (χ0v) is 14.3. The van der Waals surface area contributed by atoms with Crippen LogP contribution in [-0.4, -0.2) is 34.9 Å². The van der Waals surface area contributed by atoms with Gasteiger partial charge in [-0.1, -0.05) is 12.8 Å². The first-order valence-electron chi connectivity index (χ1n) is 8.00. The van der Waals surface area contributed by atoms with Gasteiger partial charge in [0, 0.05) is 37.0 Å². The highest BCUT2D eigenvalue weighted by atomic mass is 32.1. The lowest BCUT2D eigenvalue weighted by atomic mass is 10.2. The number of likely N-dealkylation sites (tertiary alicyclic amines) is 1. The van der Waals surface area contributed by atoms with Gasteiger partial charge >= 0.3 is 0 Å². The summed E-state index contributed by atoms with van der Waals surface area (Å²) in [7, 11) is 0. The molecule has 1 aromatic heterocycles. The topological polar surface area (TPSA) is 45.2 Å². The molecule has 4 nitrogen and oxygen atoms in total. The fourth-order valence-electron chi connectivity index (χ4n) is 2.79. The maximum Gasteiger partial charge on any atom is 0.224 e. The van der Waals surface area contributed by atoms with Gasteiger partial charge in [0.2, 0.25) is 5.91 Å². The van der Waals surface area contributed by atoms with Crippen molar-refractivity contribution in [2.75, 3.05) is 13.1 Å². The van der Waals surface area contributed by atoms with Crippen LogP contribution in [0.5, 0.6) is 0 Å². The third-order valence-electron chi connectivity index (χ3n) is 4.05. The van der Waals surface area contributed by atoms with Crippen LogP contribution in [0.4, 0.5) is 0 Å². The van der Waals surface area contributed by atoms with E-state index in [-0.39, 0.29) is 6.04 Å². The molecular weight excluding hydrogens is 282 g/mol. The first kappa shape index (κ1) is 16.4. The monoisotopic (exact) mass is 309 g/mol. The van der Waals surface area contributed by atoms with Crippen molar-refractivity contribution in [2.45, 2.75) is 65.5 Å². The number of nitrogens with one attached hydrogen (secondary N) is 1. The first-order chi connectivity index (χ1) is 10.1. The van der Waals surface area contributed by atoms with Crippen molar-refractivity contribution >= 4 is 17.2 Å². The SMILES string of the molecule is Cc1nc(C)c(CNC(C)CC(=O)N2CCCCCC2)s1. The second-order valence-electron chi connectivity index (χ2n) is 6.02. The van der Waals surface area contributed by atoms with Crippen molar-refractivity contribution in [3.05, 3.63) is 15.6 Å². The highest BCUT2D eigenvalue weighted by molar-refractivity contribution is 7.11. The minimum Gasteiger partial charge on any atom is -0.343 e. The summed E-state index contributed by atoms with van der Waals surface area (Å²) in [5.74, 6) is 0.300. The largest absolute Gasteiger partial charge is 0.343 e. The van der Waals surface area contributed by atoms with Gasteiger partial charge in [0.25, 0.3) is 0 Å². The smallest absolute Gasteiger partial charge is 0.224 e. The van der Waals surface area contributed by atoms with Gasteiger partial charge in [0.1, 0.15) is 0 Å². The van der Waals surface area contributed by atoms with Crippen molar-refractivity contribution in [1.29, 1.82) is 0 Å². The molecular formula is C16H27N3OS. The maximum atomic E-state index is 12.3. The molecule has 1 fully saturated rings. The summed E-state index contributed by atoms with van der Waals surface area (Å²) in [6.45, 7) is 8.88. The fourth-order valence-corrected chi connectivity index (χ4v) is 3.68. The van der Waals surface area contributed by atoms with Crippen LogP contribution in [0.2, 0.25) is 0 Å². The van der Waals surface area contributed by atoms with E-state index >= 15 is 0 Å². The van der Waals surface area contributed by atoms with E-state index in [1.54, 1.807) is 11.3 Å². The standard InChI is InChI=1S/C16H27N3OS/c1-12(17-11-15-13(2)18-14(3)21-15)10-16(20)19-8-6-4-5-7-9-19/h12,17H,4-11H2,1-3H3. The van der Waals surface area contributed by atoms with Gasteiger partial charge in [-0.2, -0.15) is 0 Å². The predicted octanol–water partition coefficient (Wildman–Crippen LogP) is 3.03. The van der Waals surface area contributed by atoms with Gasteiger partial charge in [-0.15, -0.1) is 11.3 Å². The van der Waals surface area contributed by atoms with Gasteiger partial charge < -0.3 is 10.2 Å². The molecule has 1 aliphatic rings. The fraction of sp³-hybridized carbons (Fsp3) is 0.750. The number of hydrogen-bond donors (Lipinski definition) is 1. The molecule has 0 aliphatic carbocycles. The van der Waals surface area contributed by atoms with Crippen LogP contribution < -0.4 is 5.32 Å². The van der Waals surface area contributed by atoms with Crippen LogP contribution in [0.15, 0.2) is 0 Å². The number of thiazole rings is 1. The van der Waals surface area contributed by atoms with E-state index in [0.717, 1.165) is 43.2 Å². The average Bonchev–Trinajstić information content (AvgIpc) is 2.66. The summed E-state index contributed by atoms with van der Waals surface area (Å²) in [5, 5.41) is 4.57. The molecule has 118 valence electrons. The number of nitrogens with zero attached hydrogens (tertiary/aromatic N) is 2. The number of carbonyl (C=O) groups excluding carboxylic acids is 1. The molecule has 0 aromatic carbocycles. The van der Waals surface area contributed by atoms with Gasteiger partial charge in [0.15, 0.2) is 0 Å². The Bertz CT molecular complexity index is 464. The van der Waals surface area contributed by atoms with Crippen LogP contribution in [-0.2, 0) is 11.3 Å². The molecule has 1 unspecified atom stereocenters. The number of aryl methyl sites for hydroxylation is 2. The lowest BCUT2D eigenvalue weighted by Crippen LogP contribution is -2.37. The Morgan fingerprint density at radius 2 is 1.95 bits per heavy atom. The minimum atomic E-state index is 0.211. The van der Waals surface area contributed by atoms with Crippen LogP contribution in [0.3, 0.4) is 0 Å². The van der Waals surface area contributed by atoms with E-state index in [0.29, 0.717) is 12.3 Å². The van der Waals surface area contributed by atoms with Crippen LogP contribution >= 0.6 is 11.3 Å². The third kappa shape index (κ3) is 5.08. The molecule has 0 spiro atoms. The average molecular weight is 309 g/mol. The van der Waals surface area contributed by atoms with E-state index in [2.05, 4.69) is 17.2 Å². The van der Waals surface area contributed by atoms with E-state index in [1.165, 1.54) is 17.7 Å². The second-order valence-corrected chi connectivity index (χ2v) is 7.31. The molecule has 1 aliphatic heterocycles. The Morgan fingerprint density at radius 1 is 1.29 bits per heavy atom. The zero-order valence-electron chi connectivity index (χ0n) is 13.4. The second kappa shape index (κ2) is 7.90. The maximum absolute atomic E-state index is 12.3. The van der Waals surface area contributed by atoms with E-state index in [9.17, 15) is 4.79 Å². The van der Waals surface area contributed by atoms with E-state index in [4.69, 9.17) is 0 Å². The first-order valence-corrected chi connectivity index (χ1v) is 8.82. The van der Waals surface area contributed by atoms with Crippen molar-refractivity contribution in [3.8, 4) is 0 Å². The molecule has 0 bridgehead atoms. The Labute approximate surface area is 132 Å². The molecule has 0 saturated carbocycles. The minimum absolute atomic E-state index is 0.211. The third-order valence-corrected chi connectivity index (χ3v) is 5.12. The van der Waals surface area contributed by atoms with Crippen molar-refractivity contribution in [3.63, 3.8) is 0 Å². The molecule has 1 saturated heterocycles. The number of carbonyl (C=O) groups is 1. The lowest BCUT2D eigenvalue weighted by Gasteiger charge is -2.22. The van der Waals surface area contributed by atoms with Crippen LogP contribution in [0, 0.1) is 13.8 Å². The van der Waals surface area contributed by atoms with Crippen molar-refractivity contribution in [2.24, 2.45) is 0 Å². The van der Waals surface area contributed by atoms with E-state index < -0.39 is 0 Å². The Balaban J connectivity index is 1.76. The quantitative estimate of drug-likeness (QED) is 0.909. The number of rotatable bonds is 5. The van der Waals surface area contributed by atoms with E-state index in [1.807, 2.05) is 18.7 Å². The van der Waals surface area contributed by atoms with Gasteiger partial charge in [-0.05, 0) is 33.6 Å². The summed E-state index contributed by atoms with van der Waals surface area (Å²) in [6, 6.07) is 0.211. The normalized spacial score (nSPS) is 17.6. The molecule has 2 rings (SSSR count). The summed E-state index contributed by atoms with van der Waals surface area (Å²) in [4.78, 5) is 20.1. The molecule has 1 atom stereocenters. The van der Waals surface area contributed by atoms with Crippen LogP contribution in [0.1, 0.15) is 54.6 Å². The Hall–Kier alpha value is -0.940. The van der Waals surface area contributed by atoms with Crippen LogP contribution in [0.25, 0.3) is 0 Å². The molecule has 5 heteroatoms. The summed E-state index contributed by atoms with van der Waals surface area (Å²) < 4.78 is 0. The number of amides is 1. The molecule has 0 radical (unpaired) electrons. The van der Waals surface area contributed by atoms with Gasteiger partial charge in [-0.3, -0.25) is 4.79 Å². The molecule has 1 amide bonds.